The number of rotatable bonds is 7. The number of nitro groups is 1. The second kappa shape index (κ2) is 8.86. The van der Waals surface area contributed by atoms with Gasteiger partial charge < -0.3 is 10.0 Å². The first-order chi connectivity index (χ1) is 12.3. The normalized spacial score (nSPS) is 20.2. The Morgan fingerprint density at radius 2 is 2.00 bits per heavy atom. The molecular weight excluding hydrogens is 350 g/mol. The van der Waals surface area contributed by atoms with E-state index in [-0.39, 0.29) is 16.7 Å². The van der Waals surface area contributed by atoms with E-state index in [1.807, 2.05) is 13.8 Å². The van der Waals surface area contributed by atoms with Gasteiger partial charge in [-0.1, -0.05) is 38.5 Å². The van der Waals surface area contributed by atoms with Crippen LogP contribution in [0.5, 0.6) is 0 Å². The van der Waals surface area contributed by atoms with E-state index in [1.165, 1.54) is 6.07 Å². The molecule has 7 heteroatoms. The van der Waals surface area contributed by atoms with Crippen molar-refractivity contribution in [2.75, 3.05) is 12.3 Å². The average molecular weight is 380 g/mol. The summed E-state index contributed by atoms with van der Waals surface area (Å²) in [6, 6.07) is 3.30. The molecule has 1 saturated heterocycles. The summed E-state index contributed by atoms with van der Waals surface area (Å²) in [5.74, 6) is 1.36. The van der Waals surface area contributed by atoms with E-state index in [9.17, 15) is 15.2 Å². The van der Waals surface area contributed by atoms with Crippen molar-refractivity contribution in [1.82, 2.24) is 4.90 Å². The van der Waals surface area contributed by atoms with E-state index < -0.39 is 6.10 Å². The van der Waals surface area contributed by atoms with Crippen molar-refractivity contribution < 1.29 is 10.0 Å². The number of nitrogens with zero attached hydrogens (tertiary/aromatic N) is 3. The highest BCUT2D eigenvalue weighted by Gasteiger charge is 2.34. The van der Waals surface area contributed by atoms with Crippen LogP contribution in [0.4, 0.5) is 11.4 Å². The zero-order chi connectivity index (χ0) is 19.4. The summed E-state index contributed by atoms with van der Waals surface area (Å²) >= 11 is 1.65. The summed E-state index contributed by atoms with van der Waals surface area (Å²) in [7, 11) is 0. The van der Waals surface area contributed by atoms with Gasteiger partial charge in [0.25, 0.3) is 5.69 Å². The predicted octanol–water partition coefficient (Wildman–Crippen LogP) is 4.43. The van der Waals surface area contributed by atoms with Crippen LogP contribution in [-0.2, 0) is 0 Å². The van der Waals surface area contributed by atoms with Crippen LogP contribution in [0, 0.1) is 29.9 Å². The topological polar surface area (TPSA) is 79.0 Å². The third-order valence-electron chi connectivity index (χ3n) is 5.34. The predicted molar refractivity (Wildman–Crippen MR) is 108 cm³/mol. The molecule has 144 valence electrons. The summed E-state index contributed by atoms with van der Waals surface area (Å²) in [6.07, 6.45) is 1.75. The maximum absolute atomic E-state index is 11.1. The summed E-state index contributed by atoms with van der Waals surface area (Å²) in [6.45, 7) is 10.7. The Hall–Kier alpha value is -1.60. The van der Waals surface area contributed by atoms with Crippen molar-refractivity contribution in [2.24, 2.45) is 10.9 Å². The molecule has 0 bridgehead atoms. The summed E-state index contributed by atoms with van der Waals surface area (Å²) in [4.78, 5) is 17.8. The monoisotopic (exact) mass is 379 g/mol. The third-order valence-corrected chi connectivity index (χ3v) is 6.43. The maximum Gasteiger partial charge on any atom is 0.272 e. The van der Waals surface area contributed by atoms with E-state index in [4.69, 9.17) is 4.99 Å². The molecule has 2 atom stereocenters. The summed E-state index contributed by atoms with van der Waals surface area (Å²) < 4.78 is 0. The highest BCUT2D eigenvalue weighted by atomic mass is 32.2. The molecule has 1 aliphatic rings. The highest BCUT2D eigenvalue weighted by Crippen LogP contribution is 2.34. The lowest BCUT2D eigenvalue weighted by atomic mass is 10.0. The van der Waals surface area contributed by atoms with Crippen LogP contribution in [0.3, 0.4) is 0 Å². The van der Waals surface area contributed by atoms with Crippen LogP contribution >= 0.6 is 11.8 Å². The summed E-state index contributed by atoms with van der Waals surface area (Å²) in [5.41, 5.74) is 2.37. The average Bonchev–Trinajstić information content (AvgIpc) is 2.99. The minimum atomic E-state index is -0.427. The molecule has 0 radical (unpaired) electrons. The van der Waals surface area contributed by atoms with Gasteiger partial charge in [0.05, 0.1) is 22.8 Å². The smallest absolute Gasteiger partial charge is 0.272 e. The van der Waals surface area contributed by atoms with Crippen molar-refractivity contribution in [3.05, 3.63) is 33.4 Å². The fourth-order valence-electron chi connectivity index (χ4n) is 3.22. The lowest BCUT2D eigenvalue weighted by Gasteiger charge is -2.31. The fourth-order valence-corrected chi connectivity index (χ4v) is 4.54. The fraction of sp³-hybridized carbons (Fsp3) is 0.632. The van der Waals surface area contributed by atoms with Gasteiger partial charge in [0.2, 0.25) is 0 Å². The molecule has 1 aliphatic heterocycles. The van der Waals surface area contributed by atoms with E-state index in [0.29, 0.717) is 11.5 Å². The molecule has 0 saturated carbocycles. The van der Waals surface area contributed by atoms with Gasteiger partial charge in [0, 0.05) is 23.9 Å². The maximum atomic E-state index is 11.1. The Morgan fingerprint density at radius 3 is 2.54 bits per heavy atom. The molecular formula is C19H29N3O3S. The van der Waals surface area contributed by atoms with E-state index >= 15 is 0 Å². The number of aliphatic hydroxyl groups is 1. The number of thioether (sulfide) groups is 1. The van der Waals surface area contributed by atoms with Gasteiger partial charge in [-0.15, -0.1) is 0 Å². The standard InChI is InChI=1S/C19H29N3O3S/c1-6-15(7-2)10-21-18(14(5)23)11-26-19(21)20-16-8-9-17(22(24)25)13(4)12(16)3/h8-9,14-15,18,23H,6-7,10-11H2,1-5H3/t14?,18-/m1/s1. The van der Waals surface area contributed by atoms with Crippen LogP contribution in [0.25, 0.3) is 0 Å². The van der Waals surface area contributed by atoms with Gasteiger partial charge >= 0.3 is 0 Å². The van der Waals surface area contributed by atoms with Crippen LogP contribution in [0.2, 0.25) is 0 Å². The van der Waals surface area contributed by atoms with Gasteiger partial charge in [-0.05, 0) is 38.3 Å². The molecule has 1 fully saturated rings. The highest BCUT2D eigenvalue weighted by molar-refractivity contribution is 8.14. The Bertz CT molecular complexity index is 687. The molecule has 6 nitrogen and oxygen atoms in total. The Labute approximate surface area is 159 Å². The molecule has 0 amide bonds. The minimum absolute atomic E-state index is 0.0544. The number of hydrogen-bond donors (Lipinski definition) is 1. The molecule has 0 spiro atoms. The van der Waals surface area contributed by atoms with Crippen LogP contribution in [0.15, 0.2) is 17.1 Å². The van der Waals surface area contributed by atoms with Crippen molar-refractivity contribution in [2.45, 2.75) is 59.6 Å². The van der Waals surface area contributed by atoms with Crippen LogP contribution in [-0.4, -0.2) is 44.5 Å². The SMILES string of the molecule is CCC(CC)CN1C(=Nc2ccc([N+](=O)[O-])c(C)c2C)SC[C@@H]1C(C)O. The number of nitro benzene ring substituents is 1. The largest absolute Gasteiger partial charge is 0.391 e. The molecule has 2 rings (SSSR count). The first-order valence-electron chi connectivity index (χ1n) is 9.20. The lowest BCUT2D eigenvalue weighted by molar-refractivity contribution is -0.385. The van der Waals surface area contributed by atoms with Gasteiger partial charge in [-0.3, -0.25) is 10.1 Å². The third kappa shape index (κ3) is 4.38. The molecule has 1 aromatic rings. The number of amidine groups is 1. The van der Waals surface area contributed by atoms with Gasteiger partial charge in [0.1, 0.15) is 0 Å². The van der Waals surface area contributed by atoms with E-state index in [2.05, 4.69) is 18.7 Å². The van der Waals surface area contributed by atoms with Crippen LogP contribution < -0.4 is 0 Å². The van der Waals surface area contributed by atoms with Crippen molar-refractivity contribution in [3.8, 4) is 0 Å². The zero-order valence-electron chi connectivity index (χ0n) is 16.2. The van der Waals surface area contributed by atoms with E-state index in [1.54, 1.807) is 24.8 Å². The minimum Gasteiger partial charge on any atom is -0.391 e. The molecule has 1 aromatic carbocycles. The van der Waals surface area contributed by atoms with E-state index in [0.717, 1.165) is 41.6 Å². The molecule has 0 aliphatic carbocycles. The second-order valence-corrected chi connectivity index (χ2v) is 7.95. The Kier molecular flexibility index (Phi) is 7.06. The van der Waals surface area contributed by atoms with Gasteiger partial charge in [-0.25, -0.2) is 4.99 Å². The second-order valence-electron chi connectivity index (χ2n) is 6.96. The van der Waals surface area contributed by atoms with Crippen molar-refractivity contribution in [1.29, 1.82) is 0 Å². The number of benzene rings is 1. The number of aliphatic hydroxyl groups excluding tert-OH is 1. The Morgan fingerprint density at radius 1 is 1.35 bits per heavy atom. The first-order valence-corrected chi connectivity index (χ1v) is 10.2. The van der Waals surface area contributed by atoms with Crippen molar-refractivity contribution in [3.63, 3.8) is 0 Å². The first kappa shape index (κ1) is 20.7. The molecule has 1 heterocycles. The molecule has 1 N–H and O–H groups in total. The molecule has 1 unspecified atom stereocenters. The number of aliphatic imine (C=N–C) groups is 1. The van der Waals surface area contributed by atoms with Crippen LogP contribution in [0.1, 0.15) is 44.7 Å². The molecule has 0 aromatic heterocycles. The lowest BCUT2D eigenvalue weighted by Crippen LogP contribution is -2.43. The Balaban J connectivity index is 2.38. The zero-order valence-corrected chi connectivity index (χ0v) is 17.0. The quantitative estimate of drug-likeness (QED) is 0.560. The molecule has 26 heavy (non-hydrogen) atoms. The van der Waals surface area contributed by atoms with Crippen molar-refractivity contribution >= 4 is 28.3 Å². The van der Waals surface area contributed by atoms with Gasteiger partial charge in [-0.2, -0.15) is 0 Å². The number of hydrogen-bond acceptors (Lipinski definition) is 5. The van der Waals surface area contributed by atoms with Gasteiger partial charge in [0.15, 0.2) is 5.17 Å². The summed E-state index contributed by atoms with van der Waals surface area (Å²) in [5, 5.41) is 22.2.